The summed E-state index contributed by atoms with van der Waals surface area (Å²) >= 11 is 0. The highest BCUT2D eigenvalue weighted by Crippen LogP contribution is 2.32. The van der Waals surface area contributed by atoms with Gasteiger partial charge in [0.2, 0.25) is 0 Å². The largest absolute Gasteiger partial charge is 0.416 e. The lowest BCUT2D eigenvalue weighted by Gasteiger charge is -2.28. The summed E-state index contributed by atoms with van der Waals surface area (Å²) in [6.45, 7) is 3.27. The highest BCUT2D eigenvalue weighted by molar-refractivity contribution is 6.06. The van der Waals surface area contributed by atoms with E-state index in [0.717, 1.165) is 12.1 Å². The fourth-order valence-corrected chi connectivity index (χ4v) is 2.75. The molecule has 1 N–H and O–H groups in total. The number of rotatable bonds is 2. The molecule has 0 atom stereocenters. The Kier molecular flexibility index (Phi) is 4.08. The van der Waals surface area contributed by atoms with Crippen LogP contribution in [0.5, 0.6) is 0 Å². The number of Topliss-reactive ketones (excluding diaryl/α,β-unsaturated/α-hetero) is 1. The van der Waals surface area contributed by atoms with Crippen LogP contribution in [0.1, 0.15) is 22.8 Å². The third-order valence-electron chi connectivity index (χ3n) is 3.98. The smallest absolute Gasteiger partial charge is 0.378 e. The minimum atomic E-state index is -4.63. The van der Waals surface area contributed by atoms with E-state index >= 15 is 0 Å². The third-order valence-corrected chi connectivity index (χ3v) is 3.98. The Bertz CT molecular complexity index is 852. The van der Waals surface area contributed by atoms with Crippen LogP contribution in [0.4, 0.5) is 19.0 Å². The van der Waals surface area contributed by atoms with Crippen molar-refractivity contribution in [2.24, 2.45) is 0 Å². The fourth-order valence-electron chi connectivity index (χ4n) is 2.75. The van der Waals surface area contributed by atoms with Crippen molar-refractivity contribution >= 4 is 22.5 Å². The maximum absolute atomic E-state index is 13.0. The Morgan fingerprint density at radius 2 is 1.88 bits per heavy atom. The third kappa shape index (κ3) is 3.01. The van der Waals surface area contributed by atoms with Gasteiger partial charge in [0.25, 0.3) is 0 Å². The van der Waals surface area contributed by atoms with Crippen LogP contribution in [0.15, 0.2) is 23.0 Å². The molecule has 1 fully saturated rings. The topological polar surface area (TPSA) is 62.4 Å². The van der Waals surface area contributed by atoms with Gasteiger partial charge in [0.1, 0.15) is 5.82 Å². The van der Waals surface area contributed by atoms with Crippen LogP contribution in [-0.2, 0) is 10.9 Å². The van der Waals surface area contributed by atoms with E-state index in [1.54, 1.807) is 0 Å². The van der Waals surface area contributed by atoms with Gasteiger partial charge < -0.3 is 14.6 Å². The maximum atomic E-state index is 13.0. The number of pyridine rings is 1. The summed E-state index contributed by atoms with van der Waals surface area (Å²) < 4.78 is 44.3. The second kappa shape index (κ2) is 5.94. The van der Waals surface area contributed by atoms with Crippen molar-refractivity contribution in [3.63, 3.8) is 0 Å². The summed E-state index contributed by atoms with van der Waals surface area (Å²) in [5.74, 6) is -0.0704. The molecule has 2 heterocycles. The summed E-state index contributed by atoms with van der Waals surface area (Å²) in [4.78, 5) is 29.0. The minimum Gasteiger partial charge on any atom is -0.378 e. The van der Waals surface area contributed by atoms with Crippen molar-refractivity contribution in [1.29, 1.82) is 0 Å². The molecule has 128 valence electrons. The molecule has 0 bridgehead atoms. The second-order valence-corrected chi connectivity index (χ2v) is 5.62. The number of morpholine rings is 1. The number of ether oxygens (including phenoxy) is 1. The van der Waals surface area contributed by atoms with Gasteiger partial charge in [-0.15, -0.1) is 0 Å². The van der Waals surface area contributed by atoms with Crippen LogP contribution in [0.2, 0.25) is 0 Å². The lowest BCUT2D eigenvalue weighted by molar-refractivity contribution is -0.137. The van der Waals surface area contributed by atoms with Gasteiger partial charge in [-0.2, -0.15) is 13.2 Å². The number of benzene rings is 1. The number of carbonyl (C=O) groups is 1. The maximum Gasteiger partial charge on any atom is 0.416 e. The summed E-state index contributed by atoms with van der Waals surface area (Å²) in [5, 5.41) is -0.146. The Balaban J connectivity index is 2.24. The molecule has 1 aliphatic heterocycles. The highest BCUT2D eigenvalue weighted by Gasteiger charge is 2.32. The number of nitrogens with one attached hydrogen (secondary N) is 1. The first-order valence-corrected chi connectivity index (χ1v) is 7.39. The van der Waals surface area contributed by atoms with Gasteiger partial charge in [-0.3, -0.25) is 9.59 Å². The summed E-state index contributed by atoms with van der Waals surface area (Å²) in [6.07, 6.45) is -4.63. The molecular weight excluding hydrogens is 325 g/mol. The number of anilines is 1. The van der Waals surface area contributed by atoms with Crippen LogP contribution >= 0.6 is 0 Å². The monoisotopic (exact) mass is 340 g/mol. The number of H-pyrrole nitrogens is 1. The predicted molar refractivity (Wildman–Crippen MR) is 82.6 cm³/mol. The molecule has 0 amide bonds. The van der Waals surface area contributed by atoms with Crippen LogP contribution < -0.4 is 10.3 Å². The van der Waals surface area contributed by atoms with Crippen LogP contribution in [0.25, 0.3) is 10.9 Å². The van der Waals surface area contributed by atoms with E-state index in [1.807, 2.05) is 4.90 Å². The zero-order chi connectivity index (χ0) is 17.5. The van der Waals surface area contributed by atoms with Gasteiger partial charge in [0.15, 0.2) is 11.2 Å². The number of hydrogen-bond donors (Lipinski definition) is 1. The molecule has 0 radical (unpaired) electrons. The number of alkyl halides is 3. The van der Waals surface area contributed by atoms with E-state index in [9.17, 15) is 22.8 Å². The SMILES string of the molecule is CC(=O)c1cc(C(F)(F)F)cc2c(=O)cc(N3CCOCC3)[nH]c12. The first kappa shape index (κ1) is 16.5. The summed E-state index contributed by atoms with van der Waals surface area (Å²) in [5.41, 5.74) is -1.58. The highest BCUT2D eigenvalue weighted by atomic mass is 19.4. The molecule has 1 aliphatic rings. The zero-order valence-corrected chi connectivity index (χ0v) is 12.9. The van der Waals surface area contributed by atoms with Crippen molar-refractivity contribution in [3.05, 3.63) is 39.5 Å². The summed E-state index contributed by atoms with van der Waals surface area (Å²) in [6, 6.07) is 2.82. The Morgan fingerprint density at radius 3 is 2.46 bits per heavy atom. The van der Waals surface area contributed by atoms with Crippen LogP contribution in [-0.4, -0.2) is 37.1 Å². The fraction of sp³-hybridized carbons (Fsp3) is 0.375. The Hall–Kier alpha value is -2.35. The molecule has 3 rings (SSSR count). The lowest BCUT2D eigenvalue weighted by atomic mass is 10.0. The van der Waals surface area contributed by atoms with E-state index in [0.29, 0.717) is 32.1 Å². The first-order chi connectivity index (χ1) is 11.3. The molecule has 0 unspecified atom stereocenters. The molecule has 0 aliphatic carbocycles. The van der Waals surface area contributed by atoms with Crippen LogP contribution in [0.3, 0.4) is 0 Å². The number of nitrogens with zero attached hydrogens (tertiary/aromatic N) is 1. The lowest BCUT2D eigenvalue weighted by Crippen LogP contribution is -2.37. The molecule has 24 heavy (non-hydrogen) atoms. The van der Waals surface area contributed by atoms with E-state index in [1.165, 1.54) is 13.0 Å². The van der Waals surface area contributed by atoms with E-state index in [4.69, 9.17) is 4.74 Å². The number of aromatic amines is 1. The number of hydrogen-bond acceptors (Lipinski definition) is 4. The van der Waals surface area contributed by atoms with Crippen molar-refractivity contribution in [1.82, 2.24) is 4.98 Å². The molecule has 1 aromatic heterocycles. The van der Waals surface area contributed by atoms with Gasteiger partial charge >= 0.3 is 6.18 Å². The summed E-state index contributed by atoms with van der Waals surface area (Å²) in [7, 11) is 0. The second-order valence-electron chi connectivity index (χ2n) is 5.62. The zero-order valence-electron chi connectivity index (χ0n) is 12.9. The molecular formula is C16H15F3N2O3. The average molecular weight is 340 g/mol. The number of aromatic nitrogens is 1. The van der Waals surface area contributed by atoms with E-state index in [2.05, 4.69) is 4.98 Å². The van der Waals surface area contributed by atoms with Crippen molar-refractivity contribution in [2.75, 3.05) is 31.2 Å². The van der Waals surface area contributed by atoms with Crippen molar-refractivity contribution in [3.8, 4) is 0 Å². The average Bonchev–Trinajstić information content (AvgIpc) is 2.53. The van der Waals surface area contributed by atoms with Gasteiger partial charge in [-0.25, -0.2) is 0 Å². The molecule has 1 saturated heterocycles. The Labute approximate surface area is 135 Å². The van der Waals surface area contributed by atoms with Crippen LogP contribution in [0, 0.1) is 0 Å². The normalized spacial score (nSPS) is 15.8. The molecule has 0 spiro atoms. The van der Waals surface area contributed by atoms with Crippen molar-refractivity contribution in [2.45, 2.75) is 13.1 Å². The number of carbonyl (C=O) groups excluding carboxylic acids is 1. The molecule has 8 heteroatoms. The number of ketones is 1. The number of fused-ring (bicyclic) bond motifs is 1. The van der Waals surface area contributed by atoms with Gasteiger partial charge in [0.05, 0.1) is 24.3 Å². The molecule has 5 nitrogen and oxygen atoms in total. The minimum absolute atomic E-state index is 0.129. The molecule has 2 aromatic rings. The predicted octanol–water partition coefficient (Wildman–Crippen LogP) is 2.59. The molecule has 1 aromatic carbocycles. The molecule has 0 saturated carbocycles. The van der Waals surface area contributed by atoms with Gasteiger partial charge in [-0.05, 0) is 19.1 Å². The first-order valence-electron chi connectivity index (χ1n) is 7.39. The van der Waals surface area contributed by atoms with E-state index in [-0.39, 0.29) is 16.5 Å². The van der Waals surface area contributed by atoms with E-state index < -0.39 is 23.0 Å². The standard InChI is InChI=1S/C16H15F3N2O3/c1-9(22)11-6-10(16(17,18)19)7-12-13(23)8-14(20-15(11)12)21-2-4-24-5-3-21/h6-8H,2-5H2,1H3,(H,20,23). The number of halogens is 3. The Morgan fingerprint density at radius 1 is 1.21 bits per heavy atom. The van der Waals surface area contributed by atoms with Crippen molar-refractivity contribution < 1.29 is 22.7 Å². The van der Waals surface area contributed by atoms with Gasteiger partial charge in [-0.1, -0.05) is 0 Å². The van der Waals surface area contributed by atoms with Gasteiger partial charge in [0, 0.05) is 30.1 Å². The quantitative estimate of drug-likeness (QED) is 0.854.